The van der Waals surface area contributed by atoms with Crippen molar-refractivity contribution in [3.8, 4) is 0 Å². The Bertz CT molecular complexity index is 5220. The molecule has 0 radical (unpaired) electrons. The van der Waals surface area contributed by atoms with Gasteiger partial charge in [-0.2, -0.15) is 11.8 Å². The first-order chi connectivity index (χ1) is 65.3. The highest BCUT2D eigenvalue weighted by Gasteiger charge is 2.39. The van der Waals surface area contributed by atoms with Gasteiger partial charge in [-0.15, -0.1) is 0 Å². The highest BCUT2D eigenvalue weighted by atomic mass is 32.2. The van der Waals surface area contributed by atoms with Gasteiger partial charge in [0.25, 0.3) is 5.69 Å². The minimum atomic E-state index is -1.60. The Morgan fingerprint density at radius 3 is 1.44 bits per heavy atom. The van der Waals surface area contributed by atoms with Crippen molar-refractivity contribution in [2.75, 3.05) is 58.1 Å². The summed E-state index contributed by atoms with van der Waals surface area (Å²) in [6.45, 7) is 10.1. The average molecular weight is 1860 g/mol. The number of amides is 6. The molecule has 0 spiro atoms. The molecule has 0 saturated heterocycles. The molecule has 716 valence electrons. The molecule has 0 aromatic heterocycles. The molecule has 9 rings (SSSR count). The van der Waals surface area contributed by atoms with Crippen molar-refractivity contribution in [3.63, 3.8) is 0 Å². The third-order valence-electron chi connectivity index (χ3n) is 24.0. The van der Waals surface area contributed by atoms with Gasteiger partial charge < -0.3 is 61.4 Å². The Morgan fingerprint density at radius 2 is 0.911 bits per heavy atom. The van der Waals surface area contributed by atoms with Gasteiger partial charge in [-0.25, -0.2) is 9.59 Å². The van der Waals surface area contributed by atoms with Crippen LogP contribution < -0.4 is 37.6 Å². The lowest BCUT2D eigenvalue weighted by atomic mass is 9.88. The summed E-state index contributed by atoms with van der Waals surface area (Å²) in [6.07, 6.45) is 4.38. The van der Waals surface area contributed by atoms with Crippen LogP contribution in [0.2, 0.25) is 0 Å². The molecule has 27 heteroatoms. The summed E-state index contributed by atoms with van der Waals surface area (Å²) in [6, 6.07) is 68.6. The number of aryl methyl sites for hydroxylation is 5. The van der Waals surface area contributed by atoms with E-state index in [2.05, 4.69) is 49.2 Å². The number of urea groups is 1. The molecule has 0 fully saturated rings. The van der Waals surface area contributed by atoms with Crippen LogP contribution in [0.25, 0.3) is 0 Å². The number of rotatable bonds is 61. The number of hydrogen-bond acceptors (Lipinski definition) is 20. The van der Waals surface area contributed by atoms with Crippen molar-refractivity contribution in [1.29, 1.82) is 0 Å². The lowest BCUT2D eigenvalue weighted by molar-refractivity contribution is -0.384. The summed E-state index contributed by atoms with van der Waals surface area (Å²) in [4.78, 5) is 167. The summed E-state index contributed by atoms with van der Waals surface area (Å²) >= 11 is 1.59. The zero-order valence-electron chi connectivity index (χ0n) is 78.5. The zero-order chi connectivity index (χ0) is 96.6. The maximum Gasteiger partial charge on any atom is 0.357 e. The number of oxime groups is 1. The van der Waals surface area contributed by atoms with Crippen molar-refractivity contribution in [2.45, 2.75) is 187 Å². The lowest BCUT2D eigenvalue weighted by Gasteiger charge is -2.29. The van der Waals surface area contributed by atoms with Crippen LogP contribution in [0.3, 0.4) is 0 Å². The third-order valence-corrected chi connectivity index (χ3v) is 24.6. The van der Waals surface area contributed by atoms with E-state index in [1.165, 1.54) is 29.8 Å². The fraction of sp³-hybridized carbons (Fsp3) is 0.398. The van der Waals surface area contributed by atoms with Gasteiger partial charge in [0.2, 0.25) is 23.6 Å². The molecule has 9 aromatic carbocycles. The number of nitrogens with one attached hydrogen (secondary N) is 6. The molecule has 0 saturated carbocycles. The number of non-ortho nitro benzene ring substituents is 1. The number of Topliss-reactive ketones (excluding diaryl/α,β-unsaturated/α-hetero) is 4. The second kappa shape index (κ2) is 57.9. The SMILES string of the molecule is CCC(C)[C@H](NC(=O)[C@@H](CC(=O)[C@H](Cc1ccc(CCc2ccccc2)cc1)NC(=O)[C@H](CNC(=O)NC[C@H](N)CCSC)CC(=O)[C@@H](NC(=O)[C@H](COCc1ccccc1)CC(=O)[C@H](Cc1ccc(CCc2ccccc2)cc1)NC(=O)COCCOCCCC(=O)[C@@H](C)CC)C(C)OCc1ccccc1)Cc1ccccc1)C(=O)O/N=C(/c1ccc(C)cc1)c1ccc([N+](=O)[O-])cc1. The van der Waals surface area contributed by atoms with E-state index < -0.39 is 150 Å². The fourth-order valence-electron chi connectivity index (χ4n) is 15.2. The van der Waals surface area contributed by atoms with Crippen molar-refractivity contribution in [1.82, 2.24) is 31.9 Å². The molecule has 9 aromatic rings. The van der Waals surface area contributed by atoms with Gasteiger partial charge in [0.05, 0.1) is 68.0 Å². The number of nitrogens with two attached hydrogens (primary N) is 1. The summed E-state index contributed by atoms with van der Waals surface area (Å²) in [7, 11) is 0. The Labute approximate surface area is 797 Å². The maximum absolute atomic E-state index is 16.0. The normalized spacial score (nSPS) is 13.9. The van der Waals surface area contributed by atoms with Crippen molar-refractivity contribution in [2.24, 2.45) is 40.5 Å². The van der Waals surface area contributed by atoms with Crippen molar-refractivity contribution >= 4 is 81.9 Å². The van der Waals surface area contributed by atoms with Gasteiger partial charge >= 0.3 is 12.0 Å². The van der Waals surface area contributed by atoms with E-state index in [-0.39, 0.29) is 81.9 Å². The molecule has 0 bridgehead atoms. The van der Waals surface area contributed by atoms with Gasteiger partial charge in [-0.3, -0.25) is 48.5 Å². The molecule has 0 heterocycles. The first-order valence-corrected chi connectivity index (χ1v) is 48.1. The van der Waals surface area contributed by atoms with Crippen LogP contribution in [0, 0.1) is 46.6 Å². The molecule has 0 aliphatic carbocycles. The van der Waals surface area contributed by atoms with Crippen LogP contribution in [-0.4, -0.2) is 164 Å². The van der Waals surface area contributed by atoms with E-state index >= 15 is 28.8 Å². The molecular weight excluding hydrogens is 1730 g/mol. The molecule has 26 nitrogen and oxygen atoms in total. The van der Waals surface area contributed by atoms with E-state index in [0.717, 1.165) is 53.5 Å². The van der Waals surface area contributed by atoms with Crippen LogP contribution in [0.1, 0.15) is 153 Å². The topological polar surface area (TPSA) is 371 Å². The highest BCUT2D eigenvalue weighted by molar-refractivity contribution is 7.98. The molecule has 11 atom stereocenters. The Hall–Kier alpha value is -12.5. The standard InChI is InChI=1S/C108H131N9O17S/c1-8-75(4)96(118)36-25-58-130-59-60-131-73-100(122)112-94(63-83-47-43-80(44-48-83)41-39-78-26-15-10-16-27-78)98(120)67-91(72-132-70-85-32-21-13-22-33-85)106(125)115-102(77(6)133-71-86-34-23-14-24-35-86)99(121)66-90(68-110-108(127)111-69-92(109)57-61-135-7)105(124)113-95(64-84-49-45-81(46-50-84)42-40-79-28-17-11-18-29-79)97(119)65-89(62-82-30-19-12-20-31-82)104(123)114-101(76(5)9-2)107(126)134-116-103(87-51-37-74(3)38-52-87)88-53-55-93(56-54-88)117(128)129/h10-24,26-35,37-38,43-56,75-77,89-92,94-95,101-102H,8-9,25,36,39-42,57-73,109H2,1-7H3,(H,112,122)(H,113,124)(H,114,123)(H,115,125)(H2,110,111,127)/b116-103-/t75-,76?,77?,89+,90-,91-,92+,94-,95-,101-,102-/m0/s1. The van der Waals surface area contributed by atoms with Gasteiger partial charge in [0, 0.05) is 86.5 Å². The number of nitro benzene ring substituents is 1. The third kappa shape index (κ3) is 37.7. The summed E-state index contributed by atoms with van der Waals surface area (Å²) in [5.74, 6) is -9.72. The van der Waals surface area contributed by atoms with E-state index in [1.54, 1.807) is 68.1 Å². The molecule has 135 heavy (non-hydrogen) atoms. The number of thioether (sulfide) groups is 1. The van der Waals surface area contributed by atoms with E-state index in [1.807, 2.05) is 204 Å². The van der Waals surface area contributed by atoms with Gasteiger partial charge in [-0.1, -0.05) is 269 Å². The number of nitrogens with zero attached hydrogens (tertiary/aromatic N) is 2. The summed E-state index contributed by atoms with van der Waals surface area (Å²) in [5, 5.41) is 33.4. The van der Waals surface area contributed by atoms with Crippen LogP contribution in [0.5, 0.6) is 0 Å². The van der Waals surface area contributed by atoms with E-state index in [9.17, 15) is 29.3 Å². The lowest BCUT2D eigenvalue weighted by Crippen LogP contribution is -2.54. The van der Waals surface area contributed by atoms with Gasteiger partial charge in [0.1, 0.15) is 30.2 Å². The van der Waals surface area contributed by atoms with Crippen molar-refractivity contribution in [3.05, 3.63) is 326 Å². The molecule has 8 N–H and O–H groups in total. The number of hydrogen-bond donors (Lipinski definition) is 7. The molecule has 0 aliphatic rings. The number of ether oxygens (including phenoxy) is 4. The van der Waals surface area contributed by atoms with E-state index in [0.29, 0.717) is 77.8 Å². The van der Waals surface area contributed by atoms with Crippen LogP contribution >= 0.6 is 11.8 Å². The van der Waals surface area contributed by atoms with Crippen molar-refractivity contribution < 1.29 is 76.7 Å². The zero-order valence-corrected chi connectivity index (χ0v) is 79.3. The molecule has 6 amide bonds. The monoisotopic (exact) mass is 1860 g/mol. The predicted octanol–water partition coefficient (Wildman–Crippen LogP) is 14.8. The molecule has 0 aliphatic heterocycles. The first kappa shape index (κ1) is 106. The Kier molecular flexibility index (Phi) is 45.6. The fourth-order valence-corrected chi connectivity index (χ4v) is 15.8. The minimum Gasteiger partial charge on any atom is -0.379 e. The highest BCUT2D eigenvalue weighted by Crippen LogP contribution is 2.26. The quantitative estimate of drug-likeness (QED) is 0.00612. The van der Waals surface area contributed by atoms with Crippen LogP contribution in [-0.2, 0) is 125 Å². The predicted molar refractivity (Wildman–Crippen MR) is 525 cm³/mol. The molecular formula is C108H131N9O17S. The number of benzene rings is 9. The average Bonchev–Trinajstić information content (AvgIpc) is 0.833. The van der Waals surface area contributed by atoms with E-state index in [4.69, 9.17) is 29.5 Å². The minimum absolute atomic E-state index is 0.00593. The van der Waals surface area contributed by atoms with Crippen LogP contribution in [0.4, 0.5) is 10.5 Å². The largest absolute Gasteiger partial charge is 0.379 e. The van der Waals surface area contributed by atoms with Gasteiger partial charge in [-0.05, 0) is 158 Å². The van der Waals surface area contributed by atoms with Gasteiger partial charge in [0.15, 0.2) is 17.3 Å². The first-order valence-electron chi connectivity index (χ1n) is 46.7. The molecule has 2 unspecified atom stereocenters. The Morgan fingerprint density at radius 1 is 0.459 bits per heavy atom. The van der Waals surface area contributed by atoms with Crippen LogP contribution in [0.15, 0.2) is 254 Å². The number of nitro groups is 1. The Balaban J connectivity index is 1.04. The number of ketones is 4. The number of carbonyl (C=O) groups is 10. The second-order valence-electron chi connectivity index (χ2n) is 34.5. The maximum atomic E-state index is 16.0. The second-order valence-corrected chi connectivity index (χ2v) is 35.5. The number of carbonyl (C=O) groups excluding carboxylic acids is 10. The smallest absolute Gasteiger partial charge is 0.357 e. The summed E-state index contributed by atoms with van der Waals surface area (Å²) < 4.78 is 24.3. The summed E-state index contributed by atoms with van der Waals surface area (Å²) in [5.41, 5.74) is 16.1.